The predicted octanol–water partition coefficient (Wildman–Crippen LogP) is 5.46. The van der Waals surface area contributed by atoms with Gasteiger partial charge < -0.3 is 14.9 Å². The molecule has 0 amide bonds. The molecule has 0 aromatic rings. The van der Waals surface area contributed by atoms with E-state index < -0.39 is 90.9 Å². The molecule has 5 atom stereocenters. The smallest absolute Gasteiger partial charge is 0.426 e. The lowest BCUT2D eigenvalue weighted by atomic mass is 9.66. The first-order chi connectivity index (χ1) is 14.8. The number of hydrogen-bond donors (Lipinski definition) is 2. The maximum Gasteiger partial charge on any atom is 0.426 e. The van der Waals surface area contributed by atoms with Crippen molar-refractivity contribution in [3.05, 3.63) is 0 Å². The van der Waals surface area contributed by atoms with Crippen molar-refractivity contribution in [2.45, 2.75) is 88.5 Å². The second-order valence-corrected chi connectivity index (χ2v) is 8.72. The summed E-state index contributed by atoms with van der Waals surface area (Å²) in [4.78, 5) is 12.2. The molecular formula is C18H22F12O4. The van der Waals surface area contributed by atoms with Gasteiger partial charge in [0.15, 0.2) is 11.0 Å². The number of hydrogen-bond acceptors (Lipinski definition) is 4. The van der Waals surface area contributed by atoms with Crippen LogP contribution in [-0.4, -0.2) is 58.2 Å². The minimum atomic E-state index is -6.47. The van der Waals surface area contributed by atoms with Gasteiger partial charge in [-0.2, -0.15) is 52.7 Å². The van der Waals surface area contributed by atoms with E-state index in [4.69, 9.17) is 0 Å². The fraction of sp³-hybridized carbons (Fsp3) is 0.944. The average molecular weight is 530 g/mol. The minimum absolute atomic E-state index is 0.0467. The number of alkyl halides is 12. The molecule has 1 rings (SSSR count). The van der Waals surface area contributed by atoms with Gasteiger partial charge >= 0.3 is 30.7 Å². The van der Waals surface area contributed by atoms with E-state index >= 15 is 0 Å². The molecule has 16 heteroatoms. The highest BCUT2D eigenvalue weighted by atomic mass is 19.4. The monoisotopic (exact) mass is 530 g/mol. The van der Waals surface area contributed by atoms with Gasteiger partial charge in [-0.3, -0.25) is 4.79 Å². The number of carbonyl (C=O) groups excluding carboxylic acids is 1. The first kappa shape index (κ1) is 30.6. The van der Waals surface area contributed by atoms with Crippen LogP contribution in [0.15, 0.2) is 0 Å². The molecule has 34 heavy (non-hydrogen) atoms. The third-order valence-corrected chi connectivity index (χ3v) is 6.54. The van der Waals surface area contributed by atoms with Crippen LogP contribution in [-0.2, 0) is 9.53 Å². The van der Waals surface area contributed by atoms with Gasteiger partial charge in [-0.05, 0) is 39.5 Å². The van der Waals surface area contributed by atoms with Crippen LogP contribution in [0.25, 0.3) is 0 Å². The lowest BCUT2D eigenvalue weighted by Gasteiger charge is -2.47. The first-order valence-electron chi connectivity index (χ1n) is 9.70. The van der Waals surface area contributed by atoms with Gasteiger partial charge in [0.25, 0.3) is 5.60 Å². The number of aliphatic hydroxyl groups is 2. The number of ether oxygens (including phenoxy) is 1. The molecular weight excluding hydrogens is 508 g/mol. The van der Waals surface area contributed by atoms with E-state index in [9.17, 15) is 67.7 Å². The Labute approximate surface area is 185 Å². The van der Waals surface area contributed by atoms with E-state index in [1.165, 1.54) is 0 Å². The molecule has 1 aliphatic rings. The number of esters is 1. The molecule has 2 N–H and O–H groups in total. The van der Waals surface area contributed by atoms with Gasteiger partial charge in [0.2, 0.25) is 0 Å². The van der Waals surface area contributed by atoms with Crippen LogP contribution in [0.1, 0.15) is 46.5 Å². The molecule has 0 aromatic heterocycles. The van der Waals surface area contributed by atoms with Gasteiger partial charge in [0, 0.05) is 11.8 Å². The second-order valence-electron chi connectivity index (χ2n) is 8.72. The maximum absolute atomic E-state index is 13.3. The van der Waals surface area contributed by atoms with E-state index in [1.54, 1.807) is 0 Å². The molecule has 1 saturated carbocycles. The third-order valence-electron chi connectivity index (χ3n) is 6.54. The number of carbonyl (C=O) groups is 1. The van der Waals surface area contributed by atoms with Crippen LogP contribution < -0.4 is 0 Å². The SMILES string of the molecule is CCC(C)(C(=O)OC1CC(C(C)(O)C(F)(F)F)CC(C(O)(C(F)(F)F)C(F)(F)F)C1)C(F)(F)F. The summed E-state index contributed by atoms with van der Waals surface area (Å²) in [6.45, 7) is 1.26. The zero-order chi connectivity index (χ0) is 27.3. The third kappa shape index (κ3) is 5.21. The lowest BCUT2D eigenvalue weighted by molar-refractivity contribution is -0.391. The van der Waals surface area contributed by atoms with E-state index in [0.717, 1.165) is 6.92 Å². The summed E-state index contributed by atoms with van der Waals surface area (Å²) in [5.41, 5.74) is -12.8. The summed E-state index contributed by atoms with van der Waals surface area (Å²) in [5, 5.41) is 19.5. The van der Waals surface area contributed by atoms with Crippen molar-refractivity contribution in [1.29, 1.82) is 0 Å². The fourth-order valence-corrected chi connectivity index (χ4v) is 3.76. The Hall–Kier alpha value is -1.45. The van der Waals surface area contributed by atoms with Crippen LogP contribution in [0.4, 0.5) is 52.7 Å². The second kappa shape index (κ2) is 8.89. The topological polar surface area (TPSA) is 66.8 Å². The highest BCUT2D eigenvalue weighted by Gasteiger charge is 2.75. The fourth-order valence-electron chi connectivity index (χ4n) is 3.76. The summed E-state index contributed by atoms with van der Waals surface area (Å²) in [6, 6.07) is 0. The Kier molecular flexibility index (Phi) is 8.00. The Bertz CT molecular complexity index is 723. The molecule has 0 spiro atoms. The quantitative estimate of drug-likeness (QED) is 0.366. The van der Waals surface area contributed by atoms with Gasteiger partial charge in [0.05, 0.1) is 0 Å². The molecule has 202 valence electrons. The van der Waals surface area contributed by atoms with Crippen LogP contribution in [0.3, 0.4) is 0 Å². The van der Waals surface area contributed by atoms with Crippen molar-refractivity contribution in [2.75, 3.05) is 0 Å². The highest BCUT2D eigenvalue weighted by molar-refractivity contribution is 5.77. The van der Waals surface area contributed by atoms with Crippen molar-refractivity contribution in [2.24, 2.45) is 17.3 Å². The minimum Gasteiger partial charge on any atom is -0.462 e. The standard InChI is InChI=1S/C18H22F12O4/c1-4-12(2,15(19,20)21)11(31)34-10-6-8(13(3,32)16(22,23)24)5-9(7-10)14(33,17(25,26)27)18(28,29)30/h8-10,32-33H,4-7H2,1-3H3. The van der Waals surface area contributed by atoms with Crippen molar-refractivity contribution < 1.29 is 72.4 Å². The Morgan fingerprint density at radius 1 is 0.735 bits per heavy atom. The van der Waals surface area contributed by atoms with Crippen LogP contribution in [0.5, 0.6) is 0 Å². The summed E-state index contributed by atoms with van der Waals surface area (Å²) in [5.74, 6) is -7.78. The zero-order valence-electron chi connectivity index (χ0n) is 17.8. The molecule has 1 fully saturated rings. The summed E-state index contributed by atoms with van der Waals surface area (Å²) < 4.78 is 164. The zero-order valence-corrected chi connectivity index (χ0v) is 17.8. The van der Waals surface area contributed by atoms with Crippen LogP contribution in [0.2, 0.25) is 0 Å². The van der Waals surface area contributed by atoms with Gasteiger partial charge in [-0.25, -0.2) is 0 Å². The Balaban J connectivity index is 3.54. The van der Waals surface area contributed by atoms with Crippen molar-refractivity contribution in [3.8, 4) is 0 Å². The molecule has 0 saturated heterocycles. The molecule has 0 heterocycles. The maximum atomic E-state index is 13.3. The van der Waals surface area contributed by atoms with Crippen molar-refractivity contribution in [3.63, 3.8) is 0 Å². The molecule has 5 unspecified atom stereocenters. The number of rotatable bonds is 5. The summed E-state index contributed by atoms with van der Waals surface area (Å²) in [7, 11) is 0. The van der Waals surface area contributed by atoms with Gasteiger partial charge in [-0.15, -0.1) is 0 Å². The Morgan fingerprint density at radius 3 is 1.47 bits per heavy atom. The van der Waals surface area contributed by atoms with Crippen LogP contribution in [0, 0.1) is 17.3 Å². The van der Waals surface area contributed by atoms with E-state index in [1.807, 2.05) is 0 Å². The van der Waals surface area contributed by atoms with E-state index in [2.05, 4.69) is 4.74 Å². The Morgan fingerprint density at radius 2 is 1.15 bits per heavy atom. The summed E-state index contributed by atoms with van der Waals surface area (Å²) in [6.07, 6.45) is -31.6. The predicted molar refractivity (Wildman–Crippen MR) is 88.9 cm³/mol. The van der Waals surface area contributed by atoms with Crippen LogP contribution >= 0.6 is 0 Å². The molecule has 0 radical (unpaired) electrons. The number of halogens is 12. The first-order valence-corrected chi connectivity index (χ1v) is 9.70. The van der Waals surface area contributed by atoms with Crippen molar-refractivity contribution in [1.82, 2.24) is 0 Å². The normalized spacial score (nSPS) is 27.0. The van der Waals surface area contributed by atoms with Gasteiger partial charge in [-0.1, -0.05) is 6.92 Å². The molecule has 4 nitrogen and oxygen atoms in total. The van der Waals surface area contributed by atoms with E-state index in [-0.39, 0.29) is 6.92 Å². The largest absolute Gasteiger partial charge is 0.462 e. The highest BCUT2D eigenvalue weighted by Crippen LogP contribution is 2.55. The molecule has 1 aliphatic carbocycles. The molecule has 0 aliphatic heterocycles. The lowest BCUT2D eigenvalue weighted by Crippen LogP contribution is -2.64. The van der Waals surface area contributed by atoms with E-state index in [0.29, 0.717) is 6.92 Å². The molecule has 0 bridgehead atoms. The summed E-state index contributed by atoms with van der Waals surface area (Å²) >= 11 is 0. The van der Waals surface area contributed by atoms with Crippen molar-refractivity contribution >= 4 is 5.97 Å². The van der Waals surface area contributed by atoms with Gasteiger partial charge in [0.1, 0.15) is 6.10 Å². The average Bonchev–Trinajstić information content (AvgIpc) is 2.62. The molecule has 0 aromatic carbocycles.